The standard InChI is InChI=1S/C30H37NO3/c1-4-24-12-15-27(34-20-23-8-6-5-7-9-23)29(32)28(24)30-16-17-31(19-22-10-11-22)21(2)26(30)14-13-25(18-30)33-3/h5-9,12-15,21-22,32H,4,10-11,16-20H2,1-3H3. The molecule has 1 aliphatic heterocycles. The summed E-state index contributed by atoms with van der Waals surface area (Å²) >= 11 is 0. The van der Waals surface area contributed by atoms with Gasteiger partial charge in [0.25, 0.3) is 0 Å². The zero-order valence-electron chi connectivity index (χ0n) is 20.7. The molecule has 1 saturated heterocycles. The van der Waals surface area contributed by atoms with Crippen LogP contribution in [0.3, 0.4) is 0 Å². The van der Waals surface area contributed by atoms with Crippen molar-refractivity contribution in [3.8, 4) is 11.5 Å². The van der Waals surface area contributed by atoms with Gasteiger partial charge in [-0.1, -0.05) is 49.4 Å². The number of piperidine rings is 1. The van der Waals surface area contributed by atoms with Crippen LogP contribution in [0.5, 0.6) is 11.5 Å². The predicted octanol–water partition coefficient (Wildman–Crippen LogP) is 6.14. The summed E-state index contributed by atoms with van der Waals surface area (Å²) in [5, 5.41) is 11.7. The lowest BCUT2D eigenvalue weighted by atomic mass is 9.61. The second kappa shape index (κ2) is 9.50. The molecule has 4 heteroatoms. The number of nitrogens with zero attached hydrogens (tertiary/aromatic N) is 1. The maximum Gasteiger partial charge on any atom is 0.162 e. The number of ether oxygens (including phenoxy) is 2. The Kier molecular flexibility index (Phi) is 6.44. The number of aromatic hydroxyl groups is 1. The normalized spacial score (nSPS) is 24.7. The van der Waals surface area contributed by atoms with Crippen LogP contribution < -0.4 is 4.74 Å². The Bertz CT molecular complexity index is 1090. The second-order valence-corrected chi connectivity index (χ2v) is 10.2. The number of methoxy groups -OCH3 is 1. The molecule has 0 aromatic heterocycles. The van der Waals surface area contributed by atoms with Crippen LogP contribution >= 0.6 is 0 Å². The van der Waals surface area contributed by atoms with Crippen LogP contribution in [-0.2, 0) is 23.2 Å². The first-order chi connectivity index (χ1) is 16.6. The first-order valence-corrected chi connectivity index (χ1v) is 12.8. The zero-order valence-corrected chi connectivity index (χ0v) is 20.7. The Balaban J connectivity index is 1.54. The molecule has 180 valence electrons. The number of likely N-dealkylation sites (tertiary alicyclic amines) is 1. The molecule has 0 amide bonds. The van der Waals surface area contributed by atoms with Crippen LogP contribution in [-0.4, -0.2) is 36.2 Å². The lowest BCUT2D eigenvalue weighted by Crippen LogP contribution is -2.51. The van der Waals surface area contributed by atoms with E-state index in [1.165, 1.54) is 30.5 Å². The third-order valence-corrected chi connectivity index (χ3v) is 8.08. The largest absolute Gasteiger partial charge is 0.504 e. The van der Waals surface area contributed by atoms with Crippen LogP contribution in [0.15, 0.2) is 65.9 Å². The molecule has 0 radical (unpaired) electrons. The van der Waals surface area contributed by atoms with Crippen molar-refractivity contribution in [1.29, 1.82) is 0 Å². The molecular formula is C30H37NO3. The van der Waals surface area contributed by atoms with Gasteiger partial charge >= 0.3 is 0 Å². The van der Waals surface area contributed by atoms with Gasteiger partial charge in [-0.25, -0.2) is 0 Å². The van der Waals surface area contributed by atoms with Gasteiger partial charge in [-0.3, -0.25) is 4.90 Å². The molecule has 2 aromatic rings. The number of phenols is 1. The molecule has 2 aromatic carbocycles. The van der Waals surface area contributed by atoms with Crippen molar-refractivity contribution in [1.82, 2.24) is 4.90 Å². The van der Waals surface area contributed by atoms with Gasteiger partial charge in [0.05, 0.1) is 12.9 Å². The fourth-order valence-electron chi connectivity index (χ4n) is 5.97. The van der Waals surface area contributed by atoms with Gasteiger partial charge in [0.15, 0.2) is 11.5 Å². The maximum atomic E-state index is 11.7. The number of fused-ring (bicyclic) bond motifs is 1. The number of phenolic OH excluding ortho intramolecular Hbond substituents is 1. The summed E-state index contributed by atoms with van der Waals surface area (Å²) in [5.74, 6) is 2.69. The average molecular weight is 460 g/mol. The van der Waals surface area contributed by atoms with Crippen molar-refractivity contribution < 1.29 is 14.6 Å². The number of hydrogen-bond donors (Lipinski definition) is 1. The quantitative estimate of drug-likeness (QED) is 0.515. The maximum absolute atomic E-state index is 11.7. The first kappa shape index (κ1) is 23.0. The topological polar surface area (TPSA) is 41.9 Å². The fraction of sp³-hybridized carbons (Fsp3) is 0.467. The third-order valence-electron chi connectivity index (χ3n) is 8.08. The lowest BCUT2D eigenvalue weighted by Gasteiger charge is -2.50. The van der Waals surface area contributed by atoms with Crippen molar-refractivity contribution in [2.75, 3.05) is 20.2 Å². The number of allylic oxidation sites excluding steroid dienone is 3. The molecule has 1 heterocycles. The molecule has 2 aliphatic carbocycles. The van der Waals surface area contributed by atoms with Gasteiger partial charge in [-0.2, -0.15) is 0 Å². The van der Waals surface area contributed by atoms with Crippen molar-refractivity contribution in [3.05, 3.63) is 82.6 Å². The van der Waals surface area contributed by atoms with Crippen LogP contribution in [0.2, 0.25) is 0 Å². The summed E-state index contributed by atoms with van der Waals surface area (Å²) in [4.78, 5) is 2.64. The van der Waals surface area contributed by atoms with E-state index in [0.29, 0.717) is 24.1 Å². The Hall–Kier alpha value is -2.72. The molecule has 5 rings (SSSR count). The molecule has 0 bridgehead atoms. The van der Waals surface area contributed by atoms with E-state index in [-0.39, 0.29) is 5.41 Å². The highest BCUT2D eigenvalue weighted by molar-refractivity contribution is 5.59. The summed E-state index contributed by atoms with van der Waals surface area (Å²) in [6, 6.07) is 14.5. The summed E-state index contributed by atoms with van der Waals surface area (Å²) in [7, 11) is 1.75. The molecule has 34 heavy (non-hydrogen) atoms. The lowest BCUT2D eigenvalue weighted by molar-refractivity contribution is 0.137. The number of benzene rings is 2. The highest BCUT2D eigenvalue weighted by atomic mass is 16.5. The van der Waals surface area contributed by atoms with Crippen molar-refractivity contribution in [2.24, 2.45) is 5.92 Å². The predicted molar refractivity (Wildman–Crippen MR) is 136 cm³/mol. The fourth-order valence-corrected chi connectivity index (χ4v) is 5.97. The van der Waals surface area contributed by atoms with E-state index < -0.39 is 0 Å². The summed E-state index contributed by atoms with van der Waals surface area (Å²) in [5.41, 5.74) is 4.43. The van der Waals surface area contributed by atoms with E-state index in [1.54, 1.807) is 7.11 Å². The summed E-state index contributed by atoms with van der Waals surface area (Å²) in [6.45, 7) is 7.16. The molecule has 1 N–H and O–H groups in total. The van der Waals surface area contributed by atoms with E-state index in [1.807, 2.05) is 36.4 Å². The Morgan fingerprint density at radius 3 is 2.59 bits per heavy atom. The minimum atomic E-state index is -0.277. The van der Waals surface area contributed by atoms with Gasteiger partial charge < -0.3 is 14.6 Å². The second-order valence-electron chi connectivity index (χ2n) is 10.2. The van der Waals surface area contributed by atoms with Crippen molar-refractivity contribution in [2.45, 2.75) is 64.0 Å². The van der Waals surface area contributed by atoms with Crippen LogP contribution in [0.25, 0.3) is 0 Å². The number of aryl methyl sites for hydroxylation is 1. The van der Waals surface area contributed by atoms with Gasteiger partial charge in [0.1, 0.15) is 6.61 Å². The van der Waals surface area contributed by atoms with Gasteiger partial charge in [-0.05, 0) is 73.9 Å². The Labute approximate surface area is 203 Å². The van der Waals surface area contributed by atoms with E-state index in [2.05, 4.69) is 37.0 Å². The van der Waals surface area contributed by atoms with Gasteiger partial charge in [-0.15, -0.1) is 0 Å². The highest BCUT2D eigenvalue weighted by Gasteiger charge is 2.49. The minimum Gasteiger partial charge on any atom is -0.504 e. The van der Waals surface area contributed by atoms with Crippen LogP contribution in [0.4, 0.5) is 0 Å². The van der Waals surface area contributed by atoms with E-state index in [4.69, 9.17) is 9.47 Å². The average Bonchev–Trinajstić information content (AvgIpc) is 3.69. The first-order valence-electron chi connectivity index (χ1n) is 12.8. The van der Waals surface area contributed by atoms with E-state index in [0.717, 1.165) is 48.6 Å². The van der Waals surface area contributed by atoms with Gasteiger partial charge in [0.2, 0.25) is 0 Å². The number of hydrogen-bond acceptors (Lipinski definition) is 4. The van der Waals surface area contributed by atoms with Crippen LogP contribution in [0, 0.1) is 5.92 Å². The molecule has 4 nitrogen and oxygen atoms in total. The molecular weight excluding hydrogens is 422 g/mol. The third kappa shape index (κ3) is 4.24. The number of rotatable bonds is 8. The van der Waals surface area contributed by atoms with Crippen molar-refractivity contribution in [3.63, 3.8) is 0 Å². The molecule has 3 aliphatic rings. The van der Waals surface area contributed by atoms with E-state index >= 15 is 0 Å². The summed E-state index contributed by atoms with van der Waals surface area (Å²) < 4.78 is 11.9. The Morgan fingerprint density at radius 2 is 1.88 bits per heavy atom. The van der Waals surface area contributed by atoms with Crippen molar-refractivity contribution >= 4 is 0 Å². The molecule has 1 saturated carbocycles. The van der Waals surface area contributed by atoms with E-state index in [9.17, 15) is 5.11 Å². The Morgan fingerprint density at radius 1 is 1.09 bits per heavy atom. The smallest absolute Gasteiger partial charge is 0.162 e. The monoisotopic (exact) mass is 459 g/mol. The zero-order chi connectivity index (χ0) is 23.7. The molecule has 2 atom stereocenters. The van der Waals surface area contributed by atoms with Gasteiger partial charge in [0, 0.05) is 30.0 Å². The molecule has 2 fully saturated rings. The molecule has 2 unspecified atom stereocenters. The molecule has 0 spiro atoms. The summed E-state index contributed by atoms with van der Waals surface area (Å²) in [6.07, 6.45) is 9.74. The highest BCUT2D eigenvalue weighted by Crippen LogP contribution is 2.54. The SMILES string of the molecule is CCc1ccc(OCc2ccccc2)c(O)c1C12CCN(CC3CC3)C(C)C1=CC=C(OC)C2. The van der Waals surface area contributed by atoms with Crippen LogP contribution in [0.1, 0.15) is 56.2 Å². The minimum absolute atomic E-state index is 0.277.